The van der Waals surface area contributed by atoms with E-state index in [4.69, 9.17) is 11.3 Å². The molecule has 1 unspecified atom stereocenters. The van der Waals surface area contributed by atoms with Crippen LogP contribution in [-0.4, -0.2) is 43.3 Å². The highest BCUT2D eigenvalue weighted by Crippen LogP contribution is 2.33. The third-order valence-electron chi connectivity index (χ3n) is 4.48. The maximum absolute atomic E-state index is 14.5. The molecular formula is C21H20FN7O5S. The van der Waals surface area contributed by atoms with Crippen molar-refractivity contribution in [2.75, 3.05) is 28.6 Å². The van der Waals surface area contributed by atoms with E-state index in [1.165, 1.54) is 37.6 Å². The third kappa shape index (κ3) is 6.18. The molecule has 0 aliphatic carbocycles. The molecule has 0 aliphatic rings. The van der Waals surface area contributed by atoms with Crippen LogP contribution in [0, 0.1) is 18.2 Å². The van der Waals surface area contributed by atoms with Gasteiger partial charge >= 0.3 is 5.69 Å². The summed E-state index contributed by atoms with van der Waals surface area (Å²) in [6.07, 6.45) is 7.84. The molecule has 0 spiro atoms. The molecule has 0 fully saturated rings. The van der Waals surface area contributed by atoms with Gasteiger partial charge in [-0.05, 0) is 19.1 Å². The monoisotopic (exact) mass is 501 g/mol. The summed E-state index contributed by atoms with van der Waals surface area (Å²) >= 11 is -2.46. The van der Waals surface area contributed by atoms with Crippen LogP contribution < -0.4 is 26.1 Å². The number of hydrogen-bond donors (Lipinski definition) is 5. The number of pyridine rings is 1. The van der Waals surface area contributed by atoms with Crippen LogP contribution in [0.1, 0.15) is 22.8 Å². The van der Waals surface area contributed by atoms with E-state index in [1.807, 2.05) is 0 Å². The summed E-state index contributed by atoms with van der Waals surface area (Å²) in [6.45, 7) is 1.88. The van der Waals surface area contributed by atoms with E-state index in [2.05, 4.69) is 37.0 Å². The van der Waals surface area contributed by atoms with Gasteiger partial charge in [0.15, 0.2) is 0 Å². The van der Waals surface area contributed by atoms with Crippen molar-refractivity contribution in [3.63, 3.8) is 0 Å². The molecule has 182 valence electrons. The Kier molecular flexibility index (Phi) is 8.10. The lowest BCUT2D eigenvalue weighted by molar-refractivity contribution is 0.0365. The van der Waals surface area contributed by atoms with E-state index in [0.29, 0.717) is 0 Å². The molecule has 1 aromatic carbocycles. The number of benzene rings is 1. The van der Waals surface area contributed by atoms with Crippen LogP contribution in [0.15, 0.2) is 41.5 Å². The Morgan fingerprint density at radius 1 is 1.31 bits per heavy atom. The number of hydrogen-bond acceptors (Lipinski definition) is 8. The summed E-state index contributed by atoms with van der Waals surface area (Å²) in [6, 6.07) is 5.15. The summed E-state index contributed by atoms with van der Waals surface area (Å²) in [5, 5.41) is 5.74. The minimum atomic E-state index is -2.46. The van der Waals surface area contributed by atoms with Crippen molar-refractivity contribution in [3.05, 3.63) is 64.1 Å². The number of amides is 1. The number of carbonyl (C=O) groups excluding carboxylic acids is 1. The Bertz CT molecular complexity index is 1370. The molecule has 3 rings (SSSR count). The second kappa shape index (κ2) is 11.2. The second-order valence-corrected chi connectivity index (χ2v) is 7.75. The standard InChI is InChI=1S/C21H20FN7O5S/c1-4-12-8-17(29(3)35(32)33)16(9-14(12)22)25-15-10-19(26-18-6-7-23-21(31)27-18)24-11-13(15)20(30)28-34-5-2/h1,6-11H,5H2,2-3H3,(H,28,30)(H,32,33)(H3,23,24,25,26,27,31). The molecule has 1 amide bonds. The van der Waals surface area contributed by atoms with Gasteiger partial charge in [0, 0.05) is 31.6 Å². The summed E-state index contributed by atoms with van der Waals surface area (Å²) in [4.78, 5) is 39.2. The largest absolute Gasteiger partial charge is 0.353 e. The van der Waals surface area contributed by atoms with Crippen molar-refractivity contribution < 1.29 is 22.8 Å². The Labute approximate surface area is 201 Å². The summed E-state index contributed by atoms with van der Waals surface area (Å²) in [5.41, 5.74) is 1.78. The van der Waals surface area contributed by atoms with Crippen molar-refractivity contribution in [2.45, 2.75) is 6.92 Å². The van der Waals surface area contributed by atoms with Crippen LogP contribution in [0.2, 0.25) is 0 Å². The number of nitrogens with one attached hydrogen (secondary N) is 4. The van der Waals surface area contributed by atoms with Gasteiger partial charge in [0.1, 0.15) is 17.5 Å². The number of aromatic nitrogens is 3. The lowest BCUT2D eigenvalue weighted by atomic mass is 10.1. The lowest BCUT2D eigenvalue weighted by Gasteiger charge is -2.21. The van der Waals surface area contributed by atoms with Crippen molar-refractivity contribution in [1.29, 1.82) is 0 Å². The van der Waals surface area contributed by atoms with Gasteiger partial charge < -0.3 is 10.6 Å². The maximum Gasteiger partial charge on any atom is 0.346 e. The normalized spacial score (nSPS) is 11.3. The van der Waals surface area contributed by atoms with E-state index >= 15 is 0 Å². The molecule has 0 radical (unpaired) electrons. The minimum Gasteiger partial charge on any atom is -0.353 e. The zero-order valence-electron chi connectivity index (χ0n) is 18.5. The van der Waals surface area contributed by atoms with E-state index < -0.39 is 28.7 Å². The predicted molar refractivity (Wildman–Crippen MR) is 128 cm³/mol. The number of carbonyl (C=O) groups is 1. The molecular weight excluding hydrogens is 481 g/mol. The molecule has 35 heavy (non-hydrogen) atoms. The number of nitrogens with zero attached hydrogens (tertiary/aromatic N) is 3. The molecule has 14 heteroatoms. The molecule has 0 saturated heterocycles. The van der Waals surface area contributed by atoms with E-state index in [9.17, 15) is 22.7 Å². The van der Waals surface area contributed by atoms with Gasteiger partial charge in [-0.25, -0.2) is 28.8 Å². The predicted octanol–water partition coefficient (Wildman–Crippen LogP) is 2.03. The van der Waals surface area contributed by atoms with Gasteiger partial charge in [-0.1, -0.05) is 5.92 Å². The fraction of sp³-hybridized carbons (Fsp3) is 0.143. The highest BCUT2D eigenvalue weighted by Gasteiger charge is 2.19. The van der Waals surface area contributed by atoms with Gasteiger partial charge in [-0.3, -0.25) is 23.5 Å². The van der Waals surface area contributed by atoms with Gasteiger partial charge in [0.05, 0.1) is 34.8 Å². The Morgan fingerprint density at radius 2 is 2.09 bits per heavy atom. The fourth-order valence-electron chi connectivity index (χ4n) is 2.84. The fourth-order valence-corrected chi connectivity index (χ4v) is 3.16. The highest BCUT2D eigenvalue weighted by atomic mass is 32.2. The molecule has 0 aliphatic heterocycles. The number of aromatic amines is 1. The van der Waals surface area contributed by atoms with Gasteiger partial charge in [0.2, 0.25) is 0 Å². The molecule has 1 atom stereocenters. The quantitative estimate of drug-likeness (QED) is 0.168. The van der Waals surface area contributed by atoms with Crippen LogP contribution >= 0.6 is 0 Å². The molecule has 3 aromatic rings. The lowest BCUT2D eigenvalue weighted by Crippen LogP contribution is -2.25. The van der Waals surface area contributed by atoms with Crippen molar-refractivity contribution >= 4 is 45.9 Å². The molecule has 0 bridgehead atoms. The summed E-state index contributed by atoms with van der Waals surface area (Å²) < 4.78 is 36.7. The number of terminal acetylenes is 1. The smallest absolute Gasteiger partial charge is 0.346 e. The van der Waals surface area contributed by atoms with Crippen molar-refractivity contribution in [2.24, 2.45) is 0 Å². The third-order valence-corrected chi connectivity index (χ3v) is 5.14. The van der Waals surface area contributed by atoms with Gasteiger partial charge in [0.25, 0.3) is 17.2 Å². The van der Waals surface area contributed by atoms with Crippen molar-refractivity contribution in [3.8, 4) is 12.3 Å². The number of anilines is 5. The van der Waals surface area contributed by atoms with Crippen LogP contribution in [0.25, 0.3) is 0 Å². The Morgan fingerprint density at radius 3 is 2.74 bits per heavy atom. The topological polar surface area (TPSA) is 162 Å². The first kappa shape index (κ1) is 25.3. The van der Waals surface area contributed by atoms with Gasteiger partial charge in [-0.2, -0.15) is 0 Å². The summed E-state index contributed by atoms with van der Waals surface area (Å²) in [5.74, 6) is 1.22. The first-order valence-electron chi connectivity index (χ1n) is 9.89. The number of rotatable bonds is 9. The molecule has 12 nitrogen and oxygen atoms in total. The highest BCUT2D eigenvalue weighted by molar-refractivity contribution is 7.80. The van der Waals surface area contributed by atoms with E-state index in [-0.39, 0.29) is 46.4 Å². The SMILES string of the molecule is C#Cc1cc(N(C)S(=O)O)c(Nc2cc(Nc3ccnc(=O)[nH]3)ncc2C(=O)NOCC)cc1F. The van der Waals surface area contributed by atoms with Crippen LogP contribution in [0.5, 0.6) is 0 Å². The van der Waals surface area contributed by atoms with Crippen LogP contribution in [0.3, 0.4) is 0 Å². The maximum atomic E-state index is 14.5. The average molecular weight is 502 g/mol. The zero-order chi connectivity index (χ0) is 25.5. The number of H-pyrrole nitrogens is 1. The van der Waals surface area contributed by atoms with E-state index in [0.717, 1.165) is 10.4 Å². The molecule has 2 aromatic heterocycles. The number of halogens is 1. The van der Waals surface area contributed by atoms with Crippen molar-refractivity contribution in [1.82, 2.24) is 20.4 Å². The van der Waals surface area contributed by atoms with E-state index in [1.54, 1.807) is 6.92 Å². The molecule has 5 N–H and O–H groups in total. The second-order valence-electron chi connectivity index (χ2n) is 6.74. The first-order chi connectivity index (χ1) is 16.7. The van der Waals surface area contributed by atoms with Crippen LogP contribution in [-0.2, 0) is 16.1 Å². The zero-order valence-corrected chi connectivity index (χ0v) is 19.3. The summed E-state index contributed by atoms with van der Waals surface area (Å²) in [7, 11) is 1.30. The Balaban J connectivity index is 2.09. The minimum absolute atomic E-state index is 0.00683. The Hall–Kier alpha value is -4.32. The van der Waals surface area contributed by atoms with Crippen LogP contribution in [0.4, 0.5) is 33.1 Å². The molecule has 0 saturated carbocycles. The number of hydroxylamine groups is 1. The molecule has 2 heterocycles. The van der Waals surface area contributed by atoms with Gasteiger partial charge in [-0.15, -0.1) is 6.42 Å². The first-order valence-corrected chi connectivity index (χ1v) is 11.0. The average Bonchev–Trinajstić information content (AvgIpc) is 2.82.